The summed E-state index contributed by atoms with van der Waals surface area (Å²) in [5.74, 6) is -10.3. The molecule has 0 saturated carbocycles. The van der Waals surface area contributed by atoms with Crippen molar-refractivity contribution in [2.75, 3.05) is 105 Å². The van der Waals surface area contributed by atoms with E-state index in [2.05, 4.69) is 53.2 Å². The summed E-state index contributed by atoms with van der Waals surface area (Å²) in [6.07, 6.45) is -8.13. The molecule has 1 aromatic rings. The number of hydrogen-bond acceptors (Lipinski definition) is 36. The van der Waals surface area contributed by atoms with E-state index in [1.807, 2.05) is 30.3 Å². The van der Waals surface area contributed by atoms with Gasteiger partial charge in [-0.25, -0.2) is 4.79 Å². The van der Waals surface area contributed by atoms with Gasteiger partial charge in [0.05, 0.1) is 19.1 Å². The quantitative estimate of drug-likeness (QED) is 0.0245. The van der Waals surface area contributed by atoms with Gasteiger partial charge in [0, 0.05) is 155 Å². The summed E-state index contributed by atoms with van der Waals surface area (Å²) in [5, 5.41) is 28.4. The Hall–Kier alpha value is -10.8. The van der Waals surface area contributed by atoms with Crippen LogP contribution in [0.1, 0.15) is 204 Å². The third-order valence-corrected chi connectivity index (χ3v) is 20.1. The molecule has 16 unspecified atom stereocenters. The summed E-state index contributed by atoms with van der Waals surface area (Å²) < 4.78 is 90.2. The van der Waals surface area contributed by atoms with E-state index in [1.165, 1.54) is 32.6 Å². The normalized spacial score (nSPS) is 21.6. The van der Waals surface area contributed by atoms with Gasteiger partial charge in [0.15, 0.2) is 55.5 Å². The Labute approximate surface area is 768 Å². The second-order valence-electron chi connectivity index (χ2n) is 31.7. The van der Waals surface area contributed by atoms with Crippen LogP contribution >= 0.6 is 0 Å². The molecule has 0 aromatic heterocycles. The number of esters is 9. The maximum absolute atomic E-state index is 14.6. The highest BCUT2D eigenvalue weighted by Crippen LogP contribution is 2.32. The van der Waals surface area contributed by atoms with Crippen molar-refractivity contribution in [1.29, 1.82) is 0 Å². The van der Waals surface area contributed by atoms with E-state index in [4.69, 9.17) is 75.8 Å². The van der Waals surface area contributed by atoms with Crippen molar-refractivity contribution in [3.63, 3.8) is 0 Å². The van der Waals surface area contributed by atoms with Crippen LogP contribution in [0, 0.1) is 0 Å². The van der Waals surface area contributed by atoms with E-state index in [9.17, 15) is 86.3 Å². The molecule has 132 heavy (non-hydrogen) atoms. The number of nitrogens with one attached hydrogen (secondary N) is 10. The zero-order valence-electron chi connectivity index (χ0n) is 77.7. The van der Waals surface area contributed by atoms with Gasteiger partial charge in [-0.15, -0.1) is 0 Å². The van der Waals surface area contributed by atoms with E-state index in [1.54, 1.807) is 0 Å². The molecule has 3 heterocycles. The van der Waals surface area contributed by atoms with Crippen LogP contribution in [-0.4, -0.2) is 315 Å². The molecule has 16 atom stereocenters. The third kappa shape index (κ3) is 48.0. The predicted octanol–water partition coefficient (Wildman–Crippen LogP) is 0.794. The second kappa shape index (κ2) is 64.1. The lowest BCUT2D eigenvalue weighted by molar-refractivity contribution is -0.277. The van der Waals surface area contributed by atoms with Crippen molar-refractivity contribution in [1.82, 2.24) is 58.1 Å². The third-order valence-electron chi connectivity index (χ3n) is 20.1. The molecule has 1 aromatic carbocycles. The summed E-state index contributed by atoms with van der Waals surface area (Å²) in [5.41, 5.74) is 0.778. The average molecular weight is 1880 g/mol. The van der Waals surface area contributed by atoms with Gasteiger partial charge in [-0.05, 0) is 95.7 Å². The number of amides is 9. The lowest BCUT2D eigenvalue weighted by Crippen LogP contribution is -2.66. The number of carbonyl (C=O) groups is 18. The van der Waals surface area contributed by atoms with Crippen molar-refractivity contribution >= 4 is 107 Å². The Kier molecular flexibility index (Phi) is 55.1. The van der Waals surface area contributed by atoms with Crippen molar-refractivity contribution in [2.24, 2.45) is 0 Å². The van der Waals surface area contributed by atoms with Gasteiger partial charge in [-0.2, -0.15) is 0 Å². The number of benzene rings is 1. The molecule has 0 radical (unpaired) electrons. The lowest BCUT2D eigenvalue weighted by atomic mass is 9.96. The molecular formula is C87H137N11O34. The minimum absolute atomic E-state index is 0.0302. The summed E-state index contributed by atoms with van der Waals surface area (Å²) in [4.78, 5) is 229. The van der Waals surface area contributed by atoms with Crippen molar-refractivity contribution in [3.8, 4) is 0 Å². The number of ether oxygens (including phenoxy) is 16. The number of rotatable bonds is 62. The van der Waals surface area contributed by atoms with Crippen LogP contribution in [0.15, 0.2) is 30.3 Å². The highest BCUT2D eigenvalue weighted by molar-refractivity contribution is 5.86. The predicted molar refractivity (Wildman–Crippen MR) is 461 cm³/mol. The van der Waals surface area contributed by atoms with Crippen molar-refractivity contribution < 1.29 is 162 Å². The van der Waals surface area contributed by atoms with Crippen LogP contribution in [0.2, 0.25) is 0 Å². The maximum Gasteiger partial charge on any atom is 0.407 e. The standard InChI is InChI=1S/C87H137N11O34/c1-53(99)95-74-80(127-62(10)108)77(124-59(7)105)67(50-120-56(4)102)130-84(74)117-44-25-14-13-23-36-88-37-28-43-93-83(115)66(33-22-24-38-94-87(116)123-49-65-31-18-15-19-32-65)98(47-72(113)91-41-29-39-89-70(111)34-20-16-26-45-118-85-75(96-54(2)100)81(128-63(11)109)78(125-60(8)106)68(131-85)51-121-57(5)103)48-73(114)92-42-30-40-90-71(112)35-21-17-27-46-119-86-76(97-55(3)101)82(129-64(12)110)79(126-61(9)107)69(132-86)52-122-58(6)104/h15,18-19,31-32,66-69,74-82,84-86,88H,13-14,16-17,20-30,33-52H2,1-12H3,(H,89,111)(H,90,112)(H,91,113)(H,92,114)(H,93,115)(H,94,116)(H,95,99)(H,96,100)(H,97,101). The average Bonchev–Trinajstić information content (AvgIpc) is 0.794. The Balaban J connectivity index is 1.39. The van der Waals surface area contributed by atoms with E-state index in [0.717, 1.165) is 73.8 Å². The Bertz CT molecular complexity index is 3690. The van der Waals surface area contributed by atoms with Crippen molar-refractivity contribution in [2.45, 2.75) is 303 Å². The highest BCUT2D eigenvalue weighted by atomic mass is 16.7. The minimum atomic E-state index is -1.30. The number of alkyl carbamates (subject to hydrolysis) is 1. The van der Waals surface area contributed by atoms with Gasteiger partial charge < -0.3 is 129 Å². The summed E-state index contributed by atoms with van der Waals surface area (Å²) in [6.45, 7) is 14.1. The topological polar surface area (TPSA) is 578 Å². The molecule has 9 amide bonds. The van der Waals surface area contributed by atoms with Crippen LogP contribution in [0.4, 0.5) is 4.79 Å². The Morgan fingerprint density at radius 1 is 0.326 bits per heavy atom. The first-order valence-electron chi connectivity index (χ1n) is 44.7. The van der Waals surface area contributed by atoms with Gasteiger partial charge in [0.25, 0.3) is 0 Å². The molecule has 3 aliphatic rings. The second-order valence-corrected chi connectivity index (χ2v) is 31.7. The molecule has 45 nitrogen and oxygen atoms in total. The largest absolute Gasteiger partial charge is 0.463 e. The highest BCUT2D eigenvalue weighted by Gasteiger charge is 2.54. The summed E-state index contributed by atoms with van der Waals surface area (Å²) in [7, 11) is 0. The van der Waals surface area contributed by atoms with Gasteiger partial charge in [-0.3, -0.25) is 86.4 Å². The van der Waals surface area contributed by atoms with Crippen LogP contribution in [0.3, 0.4) is 0 Å². The summed E-state index contributed by atoms with van der Waals surface area (Å²) >= 11 is 0. The smallest absolute Gasteiger partial charge is 0.407 e. The zero-order valence-corrected chi connectivity index (χ0v) is 77.7. The fourth-order valence-corrected chi connectivity index (χ4v) is 14.3. The van der Waals surface area contributed by atoms with Gasteiger partial charge in [-0.1, -0.05) is 56.0 Å². The fraction of sp³-hybridized carbons (Fsp3) is 0.724. The van der Waals surface area contributed by atoms with Gasteiger partial charge in [0.2, 0.25) is 47.3 Å². The van der Waals surface area contributed by atoms with E-state index in [-0.39, 0.29) is 116 Å². The Morgan fingerprint density at radius 3 is 1.01 bits per heavy atom. The monoisotopic (exact) mass is 1880 g/mol. The molecule has 0 aliphatic carbocycles. The molecule has 10 N–H and O–H groups in total. The summed E-state index contributed by atoms with van der Waals surface area (Å²) in [6, 6.07) is 4.58. The van der Waals surface area contributed by atoms with Crippen LogP contribution < -0.4 is 53.2 Å². The van der Waals surface area contributed by atoms with E-state index < -0.39 is 220 Å². The van der Waals surface area contributed by atoms with E-state index >= 15 is 0 Å². The molecule has 45 heteroatoms. The molecule has 0 spiro atoms. The van der Waals surface area contributed by atoms with Gasteiger partial charge >= 0.3 is 59.8 Å². The van der Waals surface area contributed by atoms with Crippen LogP contribution in [0.5, 0.6) is 0 Å². The molecule has 3 fully saturated rings. The fourth-order valence-electron chi connectivity index (χ4n) is 14.3. The van der Waals surface area contributed by atoms with Gasteiger partial charge in [0.1, 0.15) is 62.9 Å². The van der Waals surface area contributed by atoms with Crippen LogP contribution in [-0.2, 0) is 164 Å². The molecule has 3 saturated heterocycles. The SMILES string of the molecule is CC(=O)NC1C(OCCCCCCNCCCNC(=O)C(CCCCNC(=O)OCc2ccccc2)N(CC(=O)NCCCNC(=O)CCCCCOC2OC(COC(C)=O)C(OC(C)=O)C(OC(C)=O)C2NC(C)=O)CC(=O)NCCCNC(=O)CCCCCOC2OC(COC(C)=O)C(OC(C)=O)C(OC(C)=O)C2NC(C)=O)OC(COC(C)=O)C(OC(C)=O)C1OC(C)=O. The van der Waals surface area contributed by atoms with E-state index in [0.29, 0.717) is 83.7 Å². The molecular weight excluding hydrogens is 1740 g/mol. The molecule has 3 aliphatic heterocycles. The lowest BCUT2D eigenvalue weighted by Gasteiger charge is -2.44. The first kappa shape index (κ1) is 113. The molecule has 744 valence electrons. The first-order valence-corrected chi connectivity index (χ1v) is 44.7. The Morgan fingerprint density at radius 2 is 0.644 bits per heavy atom. The number of hydrogen-bond donors (Lipinski definition) is 10. The number of nitrogens with zero attached hydrogens (tertiary/aromatic N) is 1. The first-order chi connectivity index (χ1) is 62.9. The van der Waals surface area contributed by atoms with Crippen molar-refractivity contribution in [3.05, 3.63) is 35.9 Å². The minimum Gasteiger partial charge on any atom is -0.463 e. The molecule has 0 bridgehead atoms. The van der Waals surface area contributed by atoms with Crippen LogP contribution in [0.25, 0.3) is 0 Å². The maximum atomic E-state index is 14.6. The zero-order chi connectivity index (χ0) is 97.5. The number of unbranched alkanes of at least 4 members (excludes halogenated alkanes) is 8. The number of carbonyl (C=O) groups excluding carboxylic acids is 18. The molecule has 4 rings (SSSR count).